The Kier molecular flexibility index (Phi) is 5.60. The monoisotopic (exact) mass is 385 g/mol. The summed E-state index contributed by atoms with van der Waals surface area (Å²) < 4.78 is 14.3. The Hall–Kier alpha value is -2.16. The Balaban J connectivity index is 2.35. The molecule has 0 amide bonds. The Morgan fingerprint density at radius 2 is 1.69 bits per heavy atom. The zero-order chi connectivity index (χ0) is 19.7. The molecule has 9 nitrogen and oxygen atoms in total. The molecule has 0 spiro atoms. The second-order valence-electron chi connectivity index (χ2n) is 6.18. The summed E-state index contributed by atoms with van der Waals surface area (Å²) in [5.74, 6) is -5.92. The zero-order valence-electron chi connectivity index (χ0n) is 13.8. The summed E-state index contributed by atoms with van der Waals surface area (Å²) in [6.45, 7) is 1.67. The highest BCUT2D eigenvalue weighted by Gasteiger charge is 2.44. The second kappa shape index (κ2) is 7.22. The molecular formula is C16H20NO8P. The van der Waals surface area contributed by atoms with Gasteiger partial charge in [0.2, 0.25) is 0 Å². The fourth-order valence-corrected chi connectivity index (χ4v) is 3.34. The van der Waals surface area contributed by atoms with Crippen LogP contribution in [-0.4, -0.2) is 46.8 Å². The minimum absolute atomic E-state index is 0.0461. The smallest absolute Gasteiger partial charge is 0.448 e. The van der Waals surface area contributed by atoms with Gasteiger partial charge in [-0.3, -0.25) is 0 Å². The summed E-state index contributed by atoms with van der Waals surface area (Å²) in [6.07, 6.45) is 1.36. The number of aliphatic hydroxyl groups is 4. The molecule has 0 aromatic heterocycles. The Labute approximate surface area is 149 Å². The largest absolute Gasteiger partial charge is 0.511 e. The van der Waals surface area contributed by atoms with Crippen molar-refractivity contribution in [2.24, 2.45) is 10.7 Å². The van der Waals surface area contributed by atoms with Gasteiger partial charge in [0, 0.05) is 18.6 Å². The van der Waals surface area contributed by atoms with Crippen molar-refractivity contribution in [2.75, 3.05) is 0 Å². The summed E-state index contributed by atoms with van der Waals surface area (Å²) >= 11 is 0. The number of aliphatic hydroxyl groups excluding tert-OH is 2. The van der Waals surface area contributed by atoms with E-state index in [2.05, 4.69) is 4.76 Å². The summed E-state index contributed by atoms with van der Waals surface area (Å²) in [5, 5.41) is 49.9. The fraction of sp³-hybridized carbons (Fsp3) is 0.312. The van der Waals surface area contributed by atoms with Gasteiger partial charge in [0.15, 0.2) is 5.79 Å². The standard InChI is InChI=1S/C16H20NO8P/c1-9(10-2-4-11(18)5-3-10)8-16(21,22)15-13(17-26(23,24)25)6-12(19)7-14(15)20/h2-7,9,15,18-22H,8H2,1H3,(H2,23,24,25). The fourth-order valence-electron chi connectivity index (χ4n) is 2.86. The first-order chi connectivity index (χ1) is 11.9. The summed E-state index contributed by atoms with van der Waals surface area (Å²) in [6, 6.07) is 6.04. The number of hydrogen-bond acceptors (Lipinski definition) is 6. The number of phenols is 1. The van der Waals surface area contributed by atoms with Crippen LogP contribution in [0.15, 0.2) is 52.7 Å². The lowest BCUT2D eigenvalue weighted by molar-refractivity contribution is -0.188. The van der Waals surface area contributed by atoms with Crippen LogP contribution in [0.3, 0.4) is 0 Å². The van der Waals surface area contributed by atoms with Crippen molar-refractivity contribution in [3.8, 4) is 5.75 Å². The molecule has 1 aliphatic rings. The molecule has 0 heterocycles. The third-order valence-electron chi connectivity index (χ3n) is 3.96. The number of nitrogens with zero attached hydrogens (tertiary/aromatic N) is 1. The lowest BCUT2D eigenvalue weighted by Gasteiger charge is -2.34. The van der Waals surface area contributed by atoms with Gasteiger partial charge in [-0.1, -0.05) is 19.1 Å². The Morgan fingerprint density at radius 1 is 1.12 bits per heavy atom. The normalized spacial score (nSPS) is 21.3. The van der Waals surface area contributed by atoms with Crippen LogP contribution in [0.2, 0.25) is 0 Å². The topological polar surface area (TPSA) is 171 Å². The van der Waals surface area contributed by atoms with Crippen molar-refractivity contribution in [3.63, 3.8) is 0 Å². The molecule has 0 fully saturated rings. The molecule has 0 saturated carbocycles. The van der Waals surface area contributed by atoms with E-state index in [-0.39, 0.29) is 12.2 Å². The maximum Gasteiger partial charge on any atom is 0.448 e. The predicted molar refractivity (Wildman–Crippen MR) is 92.7 cm³/mol. The van der Waals surface area contributed by atoms with Gasteiger partial charge in [-0.2, -0.15) is 4.76 Å². The zero-order valence-corrected chi connectivity index (χ0v) is 14.7. The predicted octanol–water partition coefficient (Wildman–Crippen LogP) is 1.61. The van der Waals surface area contributed by atoms with Crippen molar-refractivity contribution >= 4 is 13.5 Å². The molecule has 1 aromatic carbocycles. The molecule has 0 saturated heterocycles. The number of hydrogen-bond donors (Lipinski definition) is 7. The number of phenolic OH excluding ortho intramolecular Hbond substituents is 1. The molecule has 142 valence electrons. The van der Waals surface area contributed by atoms with Crippen molar-refractivity contribution in [3.05, 3.63) is 53.5 Å². The van der Waals surface area contributed by atoms with Crippen LogP contribution in [0.25, 0.3) is 0 Å². The van der Waals surface area contributed by atoms with Gasteiger partial charge in [0.05, 0.1) is 5.71 Å². The van der Waals surface area contributed by atoms with Gasteiger partial charge < -0.3 is 35.3 Å². The van der Waals surface area contributed by atoms with Gasteiger partial charge in [-0.15, -0.1) is 0 Å². The lowest BCUT2D eigenvalue weighted by Crippen LogP contribution is -2.45. The third kappa shape index (κ3) is 4.94. The van der Waals surface area contributed by atoms with Crippen molar-refractivity contribution < 1.29 is 39.9 Å². The van der Waals surface area contributed by atoms with E-state index >= 15 is 0 Å². The summed E-state index contributed by atoms with van der Waals surface area (Å²) in [4.78, 5) is 18.1. The maximum atomic E-state index is 11.2. The van der Waals surface area contributed by atoms with Crippen LogP contribution < -0.4 is 0 Å². The highest BCUT2D eigenvalue weighted by Crippen LogP contribution is 2.41. The molecule has 26 heavy (non-hydrogen) atoms. The first-order valence-electron chi connectivity index (χ1n) is 7.59. The molecule has 0 radical (unpaired) electrons. The van der Waals surface area contributed by atoms with E-state index in [9.17, 15) is 30.1 Å². The van der Waals surface area contributed by atoms with Crippen LogP contribution in [0.5, 0.6) is 5.75 Å². The van der Waals surface area contributed by atoms with E-state index in [1.54, 1.807) is 19.1 Å². The summed E-state index contributed by atoms with van der Waals surface area (Å²) in [7, 11) is -4.95. The van der Waals surface area contributed by atoms with E-state index < -0.39 is 42.6 Å². The molecule has 2 atom stereocenters. The molecule has 10 heteroatoms. The summed E-state index contributed by atoms with van der Waals surface area (Å²) in [5.41, 5.74) is 0.111. The molecule has 2 unspecified atom stereocenters. The molecule has 0 aliphatic heterocycles. The van der Waals surface area contributed by atoms with Crippen LogP contribution in [-0.2, 0) is 4.57 Å². The van der Waals surface area contributed by atoms with Crippen molar-refractivity contribution in [1.29, 1.82) is 0 Å². The lowest BCUT2D eigenvalue weighted by atomic mass is 9.81. The number of rotatable bonds is 5. The van der Waals surface area contributed by atoms with Gasteiger partial charge in [-0.05, 0) is 23.6 Å². The molecule has 1 aliphatic carbocycles. The highest BCUT2D eigenvalue weighted by atomic mass is 31.2. The average Bonchev–Trinajstić information content (AvgIpc) is 2.44. The van der Waals surface area contributed by atoms with Crippen LogP contribution in [0, 0.1) is 5.92 Å². The van der Waals surface area contributed by atoms with Crippen molar-refractivity contribution in [1.82, 2.24) is 0 Å². The van der Waals surface area contributed by atoms with Gasteiger partial charge >= 0.3 is 7.75 Å². The molecule has 2 rings (SSSR count). The average molecular weight is 385 g/mol. The number of benzene rings is 1. The van der Waals surface area contributed by atoms with Crippen LogP contribution >= 0.6 is 7.75 Å². The van der Waals surface area contributed by atoms with Crippen LogP contribution in [0.4, 0.5) is 0 Å². The first-order valence-corrected chi connectivity index (χ1v) is 9.16. The van der Waals surface area contributed by atoms with E-state index in [0.29, 0.717) is 5.56 Å². The number of allylic oxidation sites excluding steroid dienone is 2. The highest BCUT2D eigenvalue weighted by molar-refractivity contribution is 7.50. The van der Waals surface area contributed by atoms with Gasteiger partial charge in [-0.25, -0.2) is 4.57 Å². The van der Waals surface area contributed by atoms with Gasteiger partial charge in [0.1, 0.15) is 23.2 Å². The SMILES string of the molecule is CC(CC(O)(O)C1C(O)=CC(O)=CC1=NP(=O)(O)O)c1ccc(O)cc1. The van der Waals surface area contributed by atoms with E-state index in [0.717, 1.165) is 12.2 Å². The third-order valence-corrected chi connectivity index (χ3v) is 4.45. The quantitative estimate of drug-likeness (QED) is 0.296. The minimum Gasteiger partial charge on any atom is -0.511 e. The van der Waals surface area contributed by atoms with E-state index in [4.69, 9.17) is 9.79 Å². The molecule has 1 aromatic rings. The number of aromatic hydroxyl groups is 1. The van der Waals surface area contributed by atoms with E-state index in [1.165, 1.54) is 12.1 Å². The minimum atomic E-state index is -4.95. The first kappa shape index (κ1) is 20.2. The molecule has 7 N–H and O–H groups in total. The molecule has 0 bridgehead atoms. The van der Waals surface area contributed by atoms with E-state index in [1.807, 2.05) is 0 Å². The Bertz CT molecular complexity index is 806. The van der Waals surface area contributed by atoms with Crippen LogP contribution in [0.1, 0.15) is 24.8 Å². The van der Waals surface area contributed by atoms with Gasteiger partial charge in [0.25, 0.3) is 0 Å². The Morgan fingerprint density at radius 3 is 2.23 bits per heavy atom. The molecular weight excluding hydrogens is 365 g/mol. The maximum absolute atomic E-state index is 11.2. The second-order valence-corrected chi connectivity index (χ2v) is 7.41. The van der Waals surface area contributed by atoms with Crippen molar-refractivity contribution in [2.45, 2.75) is 25.0 Å².